The highest BCUT2D eigenvalue weighted by Crippen LogP contribution is 2.34. The zero-order valence-electron chi connectivity index (χ0n) is 26.2. The lowest BCUT2D eigenvalue weighted by atomic mass is 10.4. The summed E-state index contributed by atoms with van der Waals surface area (Å²) in [6.07, 6.45) is 0. The second kappa shape index (κ2) is 14.7. The Morgan fingerprint density at radius 1 is 0.271 bits per heavy atom. The van der Waals surface area contributed by atoms with Crippen molar-refractivity contribution >= 4 is 63.3 Å². The molecular formula is C44H30P2Si2. The summed E-state index contributed by atoms with van der Waals surface area (Å²) >= 11 is 0. The summed E-state index contributed by atoms with van der Waals surface area (Å²) in [4.78, 5) is 0. The number of benzene rings is 6. The van der Waals surface area contributed by atoms with Crippen molar-refractivity contribution in [3.8, 4) is 44.8 Å². The van der Waals surface area contributed by atoms with Crippen LogP contribution >= 0.6 is 15.8 Å². The molecule has 0 amide bonds. The van der Waals surface area contributed by atoms with Crippen LogP contribution in [0.1, 0.15) is 0 Å². The molecule has 6 aromatic carbocycles. The Morgan fingerprint density at radius 3 is 0.708 bits per heavy atom. The van der Waals surface area contributed by atoms with Gasteiger partial charge < -0.3 is 0 Å². The van der Waals surface area contributed by atoms with Crippen LogP contribution in [0.4, 0.5) is 0 Å². The van der Waals surface area contributed by atoms with E-state index in [0.29, 0.717) is 0 Å². The van der Waals surface area contributed by atoms with Crippen molar-refractivity contribution in [1.82, 2.24) is 0 Å². The Labute approximate surface area is 288 Å². The van der Waals surface area contributed by atoms with Gasteiger partial charge in [-0.1, -0.05) is 227 Å². The van der Waals surface area contributed by atoms with Crippen molar-refractivity contribution < 1.29 is 0 Å². The van der Waals surface area contributed by atoms with Crippen LogP contribution in [0.3, 0.4) is 0 Å². The van der Waals surface area contributed by atoms with Gasteiger partial charge in [-0.3, -0.25) is 0 Å². The summed E-state index contributed by atoms with van der Waals surface area (Å²) in [7, 11) is -8.23. The van der Waals surface area contributed by atoms with E-state index in [4.69, 9.17) is 0 Å². The normalized spacial score (nSPS) is 17.1. The monoisotopic (exact) mass is 676 g/mol. The number of hydrogen-bond donors (Lipinski definition) is 0. The fourth-order valence-electron chi connectivity index (χ4n) is 5.75. The first-order valence-corrected chi connectivity index (χ1v) is 22.5. The van der Waals surface area contributed by atoms with Gasteiger partial charge in [0, 0.05) is 0 Å². The number of rotatable bonds is 6. The summed E-state index contributed by atoms with van der Waals surface area (Å²) in [5, 5.41) is 7.00. The van der Waals surface area contributed by atoms with Gasteiger partial charge in [0.05, 0.1) is 15.8 Å². The molecule has 7 rings (SSSR count). The van der Waals surface area contributed by atoms with Crippen molar-refractivity contribution in [3.05, 3.63) is 182 Å². The molecule has 48 heavy (non-hydrogen) atoms. The Balaban J connectivity index is 1.58. The molecule has 224 valence electrons. The van der Waals surface area contributed by atoms with Gasteiger partial charge in [0.15, 0.2) is 0 Å². The van der Waals surface area contributed by atoms with Crippen molar-refractivity contribution in [3.63, 3.8) is 0 Å². The molecule has 0 N–H and O–H groups in total. The molecule has 0 saturated carbocycles. The van der Waals surface area contributed by atoms with Crippen LogP contribution in [0.2, 0.25) is 0 Å². The second-order valence-electron chi connectivity index (χ2n) is 11.3. The van der Waals surface area contributed by atoms with Crippen molar-refractivity contribution in [2.45, 2.75) is 0 Å². The third-order valence-corrected chi connectivity index (χ3v) is 18.9. The Morgan fingerprint density at radius 2 is 0.479 bits per heavy atom. The zero-order valence-corrected chi connectivity index (χ0v) is 30.0. The minimum Gasteiger partial charge on any atom is -0.0983 e. The molecule has 0 spiro atoms. The lowest BCUT2D eigenvalue weighted by Gasteiger charge is -2.23. The molecule has 1 aliphatic rings. The van der Waals surface area contributed by atoms with E-state index in [1.54, 1.807) is 0 Å². The summed E-state index contributed by atoms with van der Waals surface area (Å²) in [6.45, 7) is 0. The van der Waals surface area contributed by atoms with Gasteiger partial charge in [-0.2, -0.15) is 0 Å². The smallest absolute Gasteiger partial charge is 0.0983 e. The van der Waals surface area contributed by atoms with Gasteiger partial charge in [-0.15, -0.1) is 0 Å². The summed E-state index contributed by atoms with van der Waals surface area (Å²) in [5.74, 6) is 0. The van der Waals surface area contributed by atoms with Gasteiger partial charge in [0.25, 0.3) is 16.1 Å². The second-order valence-corrected chi connectivity index (χ2v) is 20.8. The summed E-state index contributed by atoms with van der Waals surface area (Å²) < 4.78 is 0. The molecule has 0 saturated heterocycles. The minimum atomic E-state index is -2.94. The average Bonchev–Trinajstić information content (AvgIpc) is 3.17. The molecule has 0 fully saturated rings. The standard InChI is InChI=1S/C44H30P2Si2/c1-7-19-39(20-8-1)45-31-35-47(41-23-11-3-12-24-41,42-25-13-4-14-26-42)37-33-46(40-21-9-2-10-22-40)34-38-48(36-32-45,43-27-15-5-16-28-43)44-29-17-6-18-30-44/h1-30H. The first-order chi connectivity index (χ1) is 23.8. The molecule has 0 unspecified atom stereocenters. The van der Waals surface area contributed by atoms with E-state index < -0.39 is 32.0 Å². The molecule has 0 radical (unpaired) electrons. The predicted molar refractivity (Wildman–Crippen MR) is 213 cm³/mol. The third kappa shape index (κ3) is 6.64. The molecule has 6 aromatic rings. The van der Waals surface area contributed by atoms with E-state index in [9.17, 15) is 0 Å². The van der Waals surface area contributed by atoms with E-state index in [2.05, 4.69) is 227 Å². The summed E-state index contributed by atoms with van der Waals surface area (Å²) in [5.41, 5.74) is 31.0. The lowest BCUT2D eigenvalue weighted by molar-refractivity contribution is 1.72. The van der Waals surface area contributed by atoms with Gasteiger partial charge in [0.2, 0.25) is 0 Å². The molecule has 0 nitrogen and oxygen atoms in total. The maximum absolute atomic E-state index is 3.93. The quantitative estimate of drug-likeness (QED) is 0.113. The summed E-state index contributed by atoms with van der Waals surface area (Å²) in [6, 6.07) is 63.8. The molecule has 0 atom stereocenters. The SMILES string of the molecule is C1#C[Si](c2ccccc2)(c2ccccc2)C#CP(c2ccccc2)C#C[Si](c2ccccc2)(c2ccccc2)C#CP1c1ccccc1. The van der Waals surface area contributed by atoms with Gasteiger partial charge in [-0.05, 0) is 31.4 Å². The molecule has 0 aliphatic carbocycles. The fourth-order valence-corrected chi connectivity index (χ4v) is 16.5. The predicted octanol–water partition coefficient (Wildman–Crippen LogP) is 6.14. The van der Waals surface area contributed by atoms with Crippen LogP contribution in [-0.4, -0.2) is 16.1 Å². The zero-order chi connectivity index (χ0) is 32.5. The van der Waals surface area contributed by atoms with Crippen molar-refractivity contribution in [2.75, 3.05) is 0 Å². The van der Waals surface area contributed by atoms with E-state index >= 15 is 0 Å². The van der Waals surface area contributed by atoms with Gasteiger partial charge >= 0.3 is 0 Å². The molecule has 1 heterocycles. The lowest BCUT2D eigenvalue weighted by Crippen LogP contribution is -2.57. The maximum atomic E-state index is 3.93. The van der Waals surface area contributed by atoms with E-state index in [1.807, 2.05) is 0 Å². The highest BCUT2D eigenvalue weighted by molar-refractivity contribution is 7.76. The van der Waals surface area contributed by atoms with E-state index in [0.717, 1.165) is 10.6 Å². The van der Waals surface area contributed by atoms with E-state index in [-0.39, 0.29) is 0 Å². The fraction of sp³-hybridized carbons (Fsp3) is 0. The Kier molecular flexibility index (Phi) is 9.66. The Bertz CT molecular complexity index is 1950. The van der Waals surface area contributed by atoms with Gasteiger partial charge in [0.1, 0.15) is 0 Å². The van der Waals surface area contributed by atoms with Crippen LogP contribution in [0.25, 0.3) is 0 Å². The molecular weight excluding hydrogens is 647 g/mol. The largest absolute Gasteiger partial charge is 0.276 e. The van der Waals surface area contributed by atoms with Crippen LogP contribution < -0.4 is 31.4 Å². The topological polar surface area (TPSA) is 0 Å². The first-order valence-electron chi connectivity index (χ1n) is 15.8. The molecule has 4 heteroatoms. The molecule has 0 bridgehead atoms. The molecule has 0 aromatic heterocycles. The van der Waals surface area contributed by atoms with Crippen molar-refractivity contribution in [2.24, 2.45) is 0 Å². The van der Waals surface area contributed by atoms with Crippen LogP contribution in [0.15, 0.2) is 182 Å². The van der Waals surface area contributed by atoms with Crippen LogP contribution in [0.5, 0.6) is 0 Å². The minimum absolute atomic E-state index is 1.14. The first kappa shape index (κ1) is 31.5. The highest BCUT2D eigenvalue weighted by atomic mass is 31.1. The third-order valence-electron chi connectivity index (χ3n) is 8.28. The maximum Gasteiger partial charge on any atom is 0.276 e. The van der Waals surface area contributed by atoms with E-state index in [1.165, 1.54) is 20.7 Å². The average molecular weight is 677 g/mol. The van der Waals surface area contributed by atoms with Gasteiger partial charge in [-0.25, -0.2) is 0 Å². The van der Waals surface area contributed by atoms with Crippen molar-refractivity contribution in [1.29, 1.82) is 0 Å². The number of hydrogen-bond acceptors (Lipinski definition) is 0. The molecule has 1 aliphatic heterocycles. The van der Waals surface area contributed by atoms with Crippen LogP contribution in [0, 0.1) is 44.8 Å². The highest BCUT2D eigenvalue weighted by Gasteiger charge is 2.37. The van der Waals surface area contributed by atoms with Crippen LogP contribution in [-0.2, 0) is 0 Å². The Hall–Kier alpha value is -5.15.